The number of anilines is 1. The predicted octanol–water partition coefficient (Wildman–Crippen LogP) is 4.84. The van der Waals surface area contributed by atoms with Crippen LogP contribution < -0.4 is 15.4 Å². The van der Waals surface area contributed by atoms with Gasteiger partial charge in [0.1, 0.15) is 5.75 Å². The standard InChI is InChI=1S/C23H24N2O3S/c1-28-18-9-5-6-15(12-18)13-21-23(27)25-19-14-16(10-11-20(19)29-21)22(26)24-17-7-3-2-4-8-17/h5-6,9-14,17H,2-4,7-8H2,1H3,(H,24,26)(H,25,27)/b21-13+. The number of ether oxygens (including phenoxy) is 1. The van der Waals surface area contributed by atoms with Crippen molar-refractivity contribution in [3.8, 4) is 5.75 Å². The van der Waals surface area contributed by atoms with Gasteiger partial charge in [-0.15, -0.1) is 0 Å². The Morgan fingerprint density at radius 2 is 2.00 bits per heavy atom. The smallest absolute Gasteiger partial charge is 0.262 e. The highest BCUT2D eigenvalue weighted by Crippen LogP contribution is 2.39. The lowest BCUT2D eigenvalue weighted by atomic mass is 9.95. The maximum Gasteiger partial charge on any atom is 0.262 e. The third kappa shape index (κ3) is 4.65. The van der Waals surface area contributed by atoms with Crippen LogP contribution in [0.2, 0.25) is 0 Å². The number of nitrogens with one attached hydrogen (secondary N) is 2. The van der Waals surface area contributed by atoms with Crippen molar-refractivity contribution in [2.24, 2.45) is 0 Å². The van der Waals surface area contributed by atoms with Crippen LogP contribution >= 0.6 is 11.8 Å². The molecule has 2 aromatic carbocycles. The van der Waals surface area contributed by atoms with E-state index in [1.807, 2.05) is 42.5 Å². The highest BCUT2D eigenvalue weighted by atomic mass is 32.2. The minimum absolute atomic E-state index is 0.0725. The molecule has 0 aromatic heterocycles. The number of benzene rings is 2. The second-order valence-electron chi connectivity index (χ2n) is 7.36. The fourth-order valence-electron chi connectivity index (χ4n) is 3.70. The van der Waals surface area contributed by atoms with E-state index >= 15 is 0 Å². The molecule has 1 fully saturated rings. The predicted molar refractivity (Wildman–Crippen MR) is 116 cm³/mol. The molecular formula is C23H24N2O3S. The van der Waals surface area contributed by atoms with Crippen LogP contribution in [0, 0.1) is 0 Å². The van der Waals surface area contributed by atoms with E-state index < -0.39 is 0 Å². The van der Waals surface area contributed by atoms with E-state index in [0.717, 1.165) is 29.1 Å². The summed E-state index contributed by atoms with van der Waals surface area (Å²) in [6, 6.07) is 13.3. The molecule has 29 heavy (non-hydrogen) atoms. The van der Waals surface area contributed by atoms with Gasteiger partial charge in [0, 0.05) is 16.5 Å². The van der Waals surface area contributed by atoms with Crippen molar-refractivity contribution in [2.75, 3.05) is 12.4 Å². The van der Waals surface area contributed by atoms with Crippen molar-refractivity contribution >= 4 is 35.3 Å². The Morgan fingerprint density at radius 3 is 2.79 bits per heavy atom. The quantitative estimate of drug-likeness (QED) is 0.710. The van der Waals surface area contributed by atoms with Crippen LogP contribution in [0.4, 0.5) is 5.69 Å². The number of hydrogen-bond donors (Lipinski definition) is 2. The molecule has 2 N–H and O–H groups in total. The van der Waals surface area contributed by atoms with E-state index in [4.69, 9.17) is 4.74 Å². The average molecular weight is 409 g/mol. The van der Waals surface area contributed by atoms with E-state index in [9.17, 15) is 9.59 Å². The first-order valence-corrected chi connectivity index (χ1v) is 10.7. The average Bonchev–Trinajstić information content (AvgIpc) is 2.75. The molecule has 1 saturated carbocycles. The molecule has 1 heterocycles. The third-order valence-corrected chi connectivity index (χ3v) is 6.36. The Labute approximate surface area is 174 Å². The molecule has 6 heteroatoms. The van der Waals surface area contributed by atoms with Gasteiger partial charge < -0.3 is 15.4 Å². The molecule has 0 bridgehead atoms. The number of carbonyl (C=O) groups is 2. The highest BCUT2D eigenvalue weighted by molar-refractivity contribution is 8.04. The van der Waals surface area contributed by atoms with Crippen LogP contribution in [-0.2, 0) is 4.79 Å². The normalized spacial score (nSPS) is 18.1. The lowest BCUT2D eigenvalue weighted by molar-refractivity contribution is -0.112. The summed E-state index contributed by atoms with van der Waals surface area (Å²) in [5.74, 6) is 0.501. The summed E-state index contributed by atoms with van der Waals surface area (Å²) < 4.78 is 5.24. The van der Waals surface area contributed by atoms with Gasteiger partial charge in [-0.3, -0.25) is 9.59 Å². The van der Waals surface area contributed by atoms with Gasteiger partial charge in [-0.2, -0.15) is 0 Å². The maximum absolute atomic E-state index is 12.6. The van der Waals surface area contributed by atoms with Gasteiger partial charge in [-0.05, 0) is 54.8 Å². The summed E-state index contributed by atoms with van der Waals surface area (Å²) in [6.07, 6.45) is 7.52. The maximum atomic E-state index is 12.6. The number of carbonyl (C=O) groups excluding carboxylic acids is 2. The first-order valence-electron chi connectivity index (χ1n) is 9.92. The molecule has 4 rings (SSSR count). The highest BCUT2D eigenvalue weighted by Gasteiger charge is 2.23. The Hall–Kier alpha value is -2.73. The molecule has 150 valence electrons. The molecular weight excluding hydrogens is 384 g/mol. The minimum Gasteiger partial charge on any atom is -0.497 e. The van der Waals surface area contributed by atoms with Crippen LogP contribution in [0.25, 0.3) is 6.08 Å². The number of fused-ring (bicyclic) bond motifs is 1. The lowest BCUT2D eigenvalue weighted by Crippen LogP contribution is -2.36. The molecule has 0 saturated heterocycles. The summed E-state index contributed by atoms with van der Waals surface area (Å²) in [7, 11) is 1.62. The number of thioether (sulfide) groups is 1. The summed E-state index contributed by atoms with van der Waals surface area (Å²) >= 11 is 1.41. The van der Waals surface area contributed by atoms with Crippen molar-refractivity contribution < 1.29 is 14.3 Å². The van der Waals surface area contributed by atoms with E-state index in [1.165, 1.54) is 31.0 Å². The Bertz CT molecular complexity index is 964. The third-order valence-electron chi connectivity index (χ3n) is 5.27. The van der Waals surface area contributed by atoms with Gasteiger partial charge >= 0.3 is 0 Å². The lowest BCUT2D eigenvalue weighted by Gasteiger charge is -2.23. The second kappa shape index (κ2) is 8.74. The molecule has 1 aliphatic heterocycles. The van der Waals surface area contributed by atoms with E-state index in [-0.39, 0.29) is 17.9 Å². The molecule has 2 amide bonds. The zero-order valence-corrected chi connectivity index (χ0v) is 17.2. The van der Waals surface area contributed by atoms with Crippen LogP contribution in [0.15, 0.2) is 52.3 Å². The Kier molecular flexibility index (Phi) is 5.90. The van der Waals surface area contributed by atoms with Crippen molar-refractivity contribution in [2.45, 2.75) is 43.0 Å². The topological polar surface area (TPSA) is 67.4 Å². The van der Waals surface area contributed by atoms with Gasteiger partial charge in [0.15, 0.2) is 0 Å². The second-order valence-corrected chi connectivity index (χ2v) is 8.44. The summed E-state index contributed by atoms with van der Waals surface area (Å²) in [5.41, 5.74) is 2.16. The van der Waals surface area contributed by atoms with Crippen molar-refractivity contribution in [1.29, 1.82) is 0 Å². The Balaban J connectivity index is 1.50. The zero-order valence-electron chi connectivity index (χ0n) is 16.4. The fraction of sp³-hybridized carbons (Fsp3) is 0.304. The van der Waals surface area contributed by atoms with Crippen LogP contribution in [-0.4, -0.2) is 25.0 Å². The Morgan fingerprint density at radius 1 is 1.17 bits per heavy atom. The van der Waals surface area contributed by atoms with Crippen LogP contribution in [0.5, 0.6) is 5.75 Å². The largest absolute Gasteiger partial charge is 0.497 e. The summed E-state index contributed by atoms with van der Waals surface area (Å²) in [4.78, 5) is 26.7. The van der Waals surface area contributed by atoms with Gasteiger partial charge in [-0.1, -0.05) is 43.2 Å². The molecule has 5 nitrogen and oxygen atoms in total. The van der Waals surface area contributed by atoms with E-state index in [0.29, 0.717) is 16.2 Å². The van der Waals surface area contributed by atoms with Gasteiger partial charge in [0.2, 0.25) is 0 Å². The number of hydrogen-bond acceptors (Lipinski definition) is 4. The van der Waals surface area contributed by atoms with Crippen molar-refractivity contribution in [3.63, 3.8) is 0 Å². The first kappa shape index (κ1) is 19.6. The van der Waals surface area contributed by atoms with Gasteiger partial charge in [0.05, 0.1) is 17.7 Å². The van der Waals surface area contributed by atoms with Gasteiger partial charge in [-0.25, -0.2) is 0 Å². The fourth-order valence-corrected chi connectivity index (χ4v) is 4.63. The molecule has 2 aromatic rings. The van der Waals surface area contributed by atoms with Crippen molar-refractivity contribution in [1.82, 2.24) is 5.32 Å². The van der Waals surface area contributed by atoms with Crippen LogP contribution in [0.3, 0.4) is 0 Å². The summed E-state index contributed by atoms with van der Waals surface area (Å²) in [6.45, 7) is 0. The van der Waals surface area contributed by atoms with Gasteiger partial charge in [0.25, 0.3) is 11.8 Å². The first-order chi connectivity index (χ1) is 14.1. The zero-order chi connectivity index (χ0) is 20.2. The monoisotopic (exact) mass is 408 g/mol. The van der Waals surface area contributed by atoms with Crippen LogP contribution in [0.1, 0.15) is 48.0 Å². The summed E-state index contributed by atoms with van der Waals surface area (Å²) in [5, 5.41) is 6.04. The molecule has 2 aliphatic rings. The SMILES string of the molecule is COc1cccc(/C=C2/Sc3ccc(C(=O)NC4CCCCC4)cc3NC2=O)c1. The number of amides is 2. The van der Waals surface area contributed by atoms with E-state index in [2.05, 4.69) is 10.6 Å². The molecule has 0 unspecified atom stereocenters. The molecule has 0 spiro atoms. The number of rotatable bonds is 4. The van der Waals surface area contributed by atoms with E-state index in [1.54, 1.807) is 13.2 Å². The molecule has 0 radical (unpaired) electrons. The molecule has 1 aliphatic carbocycles. The molecule has 0 atom stereocenters. The van der Waals surface area contributed by atoms with Crippen molar-refractivity contribution in [3.05, 3.63) is 58.5 Å². The number of methoxy groups -OCH3 is 1. The minimum atomic E-state index is -0.171.